The zero-order chi connectivity index (χ0) is 23.8. The van der Waals surface area contributed by atoms with Crippen molar-refractivity contribution in [3.05, 3.63) is 41.2 Å². The van der Waals surface area contributed by atoms with Gasteiger partial charge in [-0.05, 0) is 39.8 Å². The van der Waals surface area contributed by atoms with Gasteiger partial charge in [0.25, 0.3) is 0 Å². The lowest BCUT2D eigenvalue weighted by Gasteiger charge is -2.35. The van der Waals surface area contributed by atoms with Gasteiger partial charge in [0.15, 0.2) is 0 Å². The Morgan fingerprint density at radius 1 is 1.00 bits per heavy atom. The molecule has 1 aliphatic rings. The highest BCUT2D eigenvalue weighted by atomic mass is 32.2. The number of hydrogen-bond donors (Lipinski definition) is 1. The number of sulfonamides is 2. The molecule has 1 aromatic heterocycles. The number of carbonyl (C=O) groups is 1. The van der Waals surface area contributed by atoms with Crippen LogP contribution >= 0.6 is 0 Å². The van der Waals surface area contributed by atoms with Crippen molar-refractivity contribution in [1.29, 1.82) is 0 Å². The van der Waals surface area contributed by atoms with E-state index in [1.165, 1.54) is 32.9 Å². The Kier molecular flexibility index (Phi) is 6.80. The Morgan fingerprint density at radius 3 is 2.06 bits per heavy atom. The fourth-order valence-corrected chi connectivity index (χ4v) is 6.77. The molecular weight excluding hydrogens is 454 g/mol. The number of aromatic nitrogens is 2. The molecule has 176 valence electrons. The molecule has 1 fully saturated rings. The van der Waals surface area contributed by atoms with Crippen molar-refractivity contribution in [2.45, 2.75) is 43.5 Å². The first-order chi connectivity index (χ1) is 14.8. The Hall–Kier alpha value is -2.28. The standard InChI is InChI=1S/C20H29N5O5S2/c1-14-6-8-18(9-7-14)31(27,28)22-16(3)20(26)24-10-12-25(13-11-24)32(29,30)19-15(2)21-23(5)17(19)4/h6-9,16,22H,10-13H2,1-5H3. The molecular formula is C20H29N5O5S2. The molecule has 32 heavy (non-hydrogen) atoms. The topological polar surface area (TPSA) is 122 Å². The van der Waals surface area contributed by atoms with E-state index in [9.17, 15) is 21.6 Å². The van der Waals surface area contributed by atoms with Gasteiger partial charge in [-0.3, -0.25) is 9.48 Å². The minimum absolute atomic E-state index is 0.0841. The second-order valence-electron chi connectivity index (χ2n) is 8.01. The molecule has 1 aliphatic heterocycles. The van der Waals surface area contributed by atoms with E-state index in [1.807, 2.05) is 6.92 Å². The van der Waals surface area contributed by atoms with Crippen LogP contribution in [-0.2, 0) is 31.9 Å². The van der Waals surface area contributed by atoms with Gasteiger partial charge in [0.2, 0.25) is 26.0 Å². The molecule has 1 N–H and O–H groups in total. The summed E-state index contributed by atoms with van der Waals surface area (Å²) in [5.41, 5.74) is 1.92. The van der Waals surface area contributed by atoms with E-state index < -0.39 is 32.0 Å². The minimum Gasteiger partial charge on any atom is -0.339 e. The largest absolute Gasteiger partial charge is 0.339 e. The first-order valence-corrected chi connectivity index (χ1v) is 13.1. The van der Waals surface area contributed by atoms with Gasteiger partial charge < -0.3 is 4.90 Å². The monoisotopic (exact) mass is 483 g/mol. The summed E-state index contributed by atoms with van der Waals surface area (Å²) >= 11 is 0. The van der Waals surface area contributed by atoms with E-state index >= 15 is 0 Å². The highest BCUT2D eigenvalue weighted by molar-refractivity contribution is 7.89. The van der Waals surface area contributed by atoms with Crippen LogP contribution in [0, 0.1) is 20.8 Å². The second-order valence-corrected chi connectivity index (χ2v) is 11.6. The number of rotatable bonds is 6. The van der Waals surface area contributed by atoms with Crippen LogP contribution in [0.15, 0.2) is 34.1 Å². The summed E-state index contributed by atoms with van der Waals surface area (Å²) in [6.45, 7) is 7.29. The third kappa shape index (κ3) is 4.72. The normalized spacial score (nSPS) is 16.8. The van der Waals surface area contributed by atoms with Crippen LogP contribution in [0.4, 0.5) is 0 Å². The zero-order valence-electron chi connectivity index (χ0n) is 18.9. The van der Waals surface area contributed by atoms with E-state index in [2.05, 4.69) is 9.82 Å². The summed E-state index contributed by atoms with van der Waals surface area (Å²) in [5, 5.41) is 4.18. The molecule has 12 heteroatoms. The average Bonchev–Trinajstić information content (AvgIpc) is 2.99. The molecule has 0 aliphatic carbocycles. The quantitative estimate of drug-likeness (QED) is 0.640. The maximum Gasteiger partial charge on any atom is 0.246 e. The van der Waals surface area contributed by atoms with Gasteiger partial charge in [0.05, 0.1) is 22.3 Å². The Bertz CT molecular complexity index is 1210. The van der Waals surface area contributed by atoms with Crippen LogP contribution in [0.2, 0.25) is 0 Å². The number of nitrogens with one attached hydrogen (secondary N) is 1. The van der Waals surface area contributed by atoms with Crippen LogP contribution in [0.25, 0.3) is 0 Å². The van der Waals surface area contributed by atoms with E-state index in [0.29, 0.717) is 11.4 Å². The summed E-state index contributed by atoms with van der Waals surface area (Å²) in [7, 11) is -5.90. The van der Waals surface area contributed by atoms with E-state index in [0.717, 1.165) is 5.56 Å². The second kappa shape index (κ2) is 8.93. The van der Waals surface area contributed by atoms with Gasteiger partial charge in [-0.25, -0.2) is 16.8 Å². The summed E-state index contributed by atoms with van der Waals surface area (Å²) in [4.78, 5) is 14.6. The predicted octanol–water partition coefficient (Wildman–Crippen LogP) is 0.545. The van der Waals surface area contributed by atoms with Crippen LogP contribution in [-0.4, -0.2) is 73.9 Å². The van der Waals surface area contributed by atoms with Crippen LogP contribution in [0.3, 0.4) is 0 Å². The predicted molar refractivity (Wildman–Crippen MR) is 119 cm³/mol. The SMILES string of the molecule is Cc1ccc(S(=O)(=O)NC(C)C(=O)N2CCN(S(=O)(=O)c3c(C)nn(C)c3C)CC2)cc1. The van der Waals surface area contributed by atoms with Crippen LogP contribution in [0.1, 0.15) is 23.9 Å². The van der Waals surface area contributed by atoms with Crippen molar-refractivity contribution in [3.8, 4) is 0 Å². The maximum absolute atomic E-state index is 13.1. The molecule has 3 rings (SSSR count). The summed E-state index contributed by atoms with van der Waals surface area (Å²) in [6.07, 6.45) is 0. The molecule has 0 radical (unpaired) electrons. The van der Waals surface area contributed by atoms with Crippen molar-refractivity contribution in [2.24, 2.45) is 7.05 Å². The van der Waals surface area contributed by atoms with Crippen LogP contribution < -0.4 is 4.72 Å². The molecule has 1 atom stereocenters. The Balaban J connectivity index is 1.65. The van der Waals surface area contributed by atoms with E-state index in [1.54, 1.807) is 33.0 Å². The zero-order valence-corrected chi connectivity index (χ0v) is 20.5. The number of nitrogens with zero attached hydrogens (tertiary/aromatic N) is 4. The molecule has 0 bridgehead atoms. The highest BCUT2D eigenvalue weighted by Crippen LogP contribution is 2.24. The van der Waals surface area contributed by atoms with Gasteiger partial charge in [0, 0.05) is 33.2 Å². The first-order valence-electron chi connectivity index (χ1n) is 10.2. The fourth-order valence-electron chi connectivity index (χ4n) is 3.75. The van der Waals surface area contributed by atoms with E-state index in [-0.39, 0.29) is 36.0 Å². The lowest BCUT2D eigenvalue weighted by Crippen LogP contribution is -2.55. The number of piperazine rings is 1. The Labute approximate surface area is 189 Å². The molecule has 2 heterocycles. The van der Waals surface area contributed by atoms with Gasteiger partial charge in [-0.2, -0.15) is 14.1 Å². The average molecular weight is 484 g/mol. The number of aryl methyl sites for hydroxylation is 3. The first kappa shape index (κ1) is 24.4. The molecule has 10 nitrogen and oxygen atoms in total. The van der Waals surface area contributed by atoms with Crippen molar-refractivity contribution in [1.82, 2.24) is 23.7 Å². The minimum atomic E-state index is -3.85. The lowest BCUT2D eigenvalue weighted by atomic mass is 10.2. The molecule has 0 spiro atoms. The van der Waals surface area contributed by atoms with E-state index in [4.69, 9.17) is 0 Å². The molecule has 1 unspecified atom stereocenters. The molecule has 1 saturated heterocycles. The van der Waals surface area contributed by atoms with Gasteiger partial charge >= 0.3 is 0 Å². The summed E-state index contributed by atoms with van der Waals surface area (Å²) < 4.78 is 56.6. The number of amides is 1. The molecule has 1 aromatic carbocycles. The number of carbonyl (C=O) groups excluding carboxylic acids is 1. The van der Waals surface area contributed by atoms with Gasteiger partial charge in [0.1, 0.15) is 4.90 Å². The third-order valence-corrected chi connectivity index (χ3v) is 9.33. The smallest absolute Gasteiger partial charge is 0.246 e. The van der Waals surface area contributed by atoms with Gasteiger partial charge in [-0.1, -0.05) is 17.7 Å². The summed E-state index contributed by atoms with van der Waals surface area (Å²) in [5.74, 6) is -0.397. The lowest BCUT2D eigenvalue weighted by molar-refractivity contribution is -0.133. The maximum atomic E-state index is 13.1. The molecule has 1 amide bonds. The van der Waals surface area contributed by atoms with Gasteiger partial charge in [-0.15, -0.1) is 0 Å². The van der Waals surface area contributed by atoms with Crippen molar-refractivity contribution < 1.29 is 21.6 Å². The number of benzene rings is 1. The highest BCUT2D eigenvalue weighted by Gasteiger charge is 2.35. The third-order valence-electron chi connectivity index (χ3n) is 5.62. The number of hydrogen-bond acceptors (Lipinski definition) is 6. The fraction of sp³-hybridized carbons (Fsp3) is 0.500. The van der Waals surface area contributed by atoms with Crippen molar-refractivity contribution in [2.75, 3.05) is 26.2 Å². The Morgan fingerprint density at radius 2 is 1.56 bits per heavy atom. The molecule has 2 aromatic rings. The summed E-state index contributed by atoms with van der Waals surface area (Å²) in [6, 6.07) is 5.37. The van der Waals surface area contributed by atoms with Crippen LogP contribution in [0.5, 0.6) is 0 Å². The van der Waals surface area contributed by atoms with Crippen molar-refractivity contribution >= 4 is 26.0 Å². The van der Waals surface area contributed by atoms with Crippen molar-refractivity contribution in [3.63, 3.8) is 0 Å². The molecule has 0 saturated carbocycles.